The maximum Gasteiger partial charge on any atom is 0.402 e. The molecule has 0 radical (unpaired) electrons. The minimum Gasteiger partial charge on any atom is -0.492 e. The van der Waals surface area contributed by atoms with Gasteiger partial charge in [-0.2, -0.15) is 13.2 Å². The zero-order chi connectivity index (χ0) is 25.3. The van der Waals surface area contributed by atoms with E-state index in [1.807, 2.05) is 24.3 Å². The highest BCUT2D eigenvalue weighted by atomic mass is 19.4. The molecule has 8 nitrogen and oxygen atoms in total. The third kappa shape index (κ3) is 4.91. The molecular weight excluding hydrogens is 475 g/mol. The molecule has 192 valence electrons. The summed E-state index contributed by atoms with van der Waals surface area (Å²) in [5, 5.41) is 3.22. The molecule has 0 spiro atoms. The monoisotopic (exact) mass is 503 g/mol. The van der Waals surface area contributed by atoms with Crippen LogP contribution in [0.2, 0.25) is 0 Å². The molecule has 3 unspecified atom stereocenters. The van der Waals surface area contributed by atoms with Gasteiger partial charge in [-0.1, -0.05) is 30.3 Å². The Balaban J connectivity index is 1.36. The Kier molecular flexibility index (Phi) is 6.87. The summed E-state index contributed by atoms with van der Waals surface area (Å²) in [6.45, 7) is 3.04. The van der Waals surface area contributed by atoms with Gasteiger partial charge in [-0.3, -0.25) is 19.9 Å². The van der Waals surface area contributed by atoms with E-state index in [0.717, 1.165) is 24.2 Å². The van der Waals surface area contributed by atoms with Gasteiger partial charge in [0.25, 0.3) is 5.91 Å². The van der Waals surface area contributed by atoms with Gasteiger partial charge >= 0.3 is 6.18 Å². The normalized spacial score (nSPS) is 24.8. The van der Waals surface area contributed by atoms with Crippen LogP contribution in [0.5, 0.6) is 5.75 Å². The Labute approximate surface area is 206 Å². The first-order valence-corrected chi connectivity index (χ1v) is 12.0. The molecular formula is C25H28F3N5O3. The maximum atomic E-state index is 13.9. The number of hydrogen-bond donors (Lipinski definition) is 3. The lowest BCUT2D eigenvalue weighted by atomic mass is 9.94. The lowest BCUT2D eigenvalue weighted by molar-refractivity contribution is -0.202. The Hall–Kier alpha value is -3.15. The number of ether oxygens (including phenoxy) is 1. The van der Waals surface area contributed by atoms with Crippen LogP contribution in [-0.4, -0.2) is 73.2 Å². The lowest BCUT2D eigenvalue weighted by Crippen LogP contribution is -2.64. The zero-order valence-electron chi connectivity index (χ0n) is 19.6. The average Bonchev–Trinajstić information content (AvgIpc) is 3.25. The van der Waals surface area contributed by atoms with Crippen molar-refractivity contribution in [3.05, 3.63) is 65.2 Å². The summed E-state index contributed by atoms with van der Waals surface area (Å²) in [6.07, 6.45) is -4.68. The molecule has 3 aliphatic rings. The number of alkyl halides is 3. The zero-order valence-corrected chi connectivity index (χ0v) is 19.6. The fourth-order valence-corrected chi connectivity index (χ4v) is 5.26. The van der Waals surface area contributed by atoms with E-state index in [1.165, 1.54) is 0 Å². The molecule has 0 bridgehead atoms. The predicted molar refractivity (Wildman–Crippen MR) is 125 cm³/mol. The quantitative estimate of drug-likeness (QED) is 0.578. The van der Waals surface area contributed by atoms with E-state index in [4.69, 9.17) is 4.74 Å². The molecule has 2 aromatic rings. The molecule has 3 N–H and O–H groups in total. The van der Waals surface area contributed by atoms with E-state index in [2.05, 4.69) is 16.2 Å². The second kappa shape index (κ2) is 10.1. The van der Waals surface area contributed by atoms with Gasteiger partial charge < -0.3 is 15.0 Å². The number of carbonyl (C=O) groups excluding carboxylic acids is 2. The minimum absolute atomic E-state index is 0.0465. The molecule has 2 aromatic carbocycles. The topological polar surface area (TPSA) is 85.9 Å². The lowest BCUT2D eigenvalue weighted by Gasteiger charge is -2.40. The molecule has 0 aliphatic carbocycles. The summed E-state index contributed by atoms with van der Waals surface area (Å²) in [4.78, 5) is 28.6. The van der Waals surface area contributed by atoms with Crippen LogP contribution in [0.15, 0.2) is 48.5 Å². The van der Waals surface area contributed by atoms with Crippen molar-refractivity contribution in [2.45, 2.75) is 24.8 Å². The van der Waals surface area contributed by atoms with Crippen molar-refractivity contribution in [2.75, 3.05) is 39.3 Å². The van der Waals surface area contributed by atoms with E-state index in [0.29, 0.717) is 24.4 Å². The van der Waals surface area contributed by atoms with E-state index >= 15 is 0 Å². The first kappa shape index (κ1) is 24.5. The standard InChI is InChI=1S/C25H28F3N5O3/c26-25(27,28)22-20(13-30-31-23(22)34)33-14-17-4-1-2-7-19(17)21(33)15-36-18-6-3-5-16(12-18)24(35)32-10-8-29-9-11-32/h1-7,12,20-22,29-30H,8-11,13-15H2,(H,31,34). The summed E-state index contributed by atoms with van der Waals surface area (Å²) in [5.74, 6) is -2.86. The van der Waals surface area contributed by atoms with Crippen LogP contribution in [0.1, 0.15) is 27.5 Å². The van der Waals surface area contributed by atoms with Gasteiger partial charge in [0, 0.05) is 50.9 Å². The third-order valence-electron chi connectivity index (χ3n) is 7.03. The SMILES string of the molecule is O=C1NNCC(N2Cc3ccccc3C2COc2cccc(C(=O)N3CCNCC3)c2)C1C(F)(F)F. The largest absolute Gasteiger partial charge is 0.492 e. The Bertz CT molecular complexity index is 1120. The molecule has 2 fully saturated rings. The van der Waals surface area contributed by atoms with Crippen LogP contribution < -0.4 is 20.9 Å². The van der Waals surface area contributed by atoms with Crippen molar-refractivity contribution in [1.82, 2.24) is 26.0 Å². The minimum atomic E-state index is -4.68. The van der Waals surface area contributed by atoms with Crippen LogP contribution in [0.25, 0.3) is 0 Å². The highest BCUT2D eigenvalue weighted by Crippen LogP contribution is 2.41. The van der Waals surface area contributed by atoms with Crippen LogP contribution >= 0.6 is 0 Å². The van der Waals surface area contributed by atoms with Crippen molar-refractivity contribution in [2.24, 2.45) is 5.92 Å². The molecule has 0 saturated carbocycles. The highest BCUT2D eigenvalue weighted by Gasteiger charge is 2.55. The van der Waals surface area contributed by atoms with Gasteiger partial charge in [0.15, 0.2) is 5.92 Å². The van der Waals surface area contributed by atoms with Crippen LogP contribution in [0, 0.1) is 5.92 Å². The number of benzene rings is 2. The summed E-state index contributed by atoms with van der Waals surface area (Å²) in [6, 6.07) is 12.7. The number of nitrogens with one attached hydrogen (secondary N) is 3. The average molecular weight is 504 g/mol. The van der Waals surface area contributed by atoms with Crippen molar-refractivity contribution in [3.63, 3.8) is 0 Å². The first-order valence-electron chi connectivity index (χ1n) is 12.0. The molecule has 5 rings (SSSR count). The molecule has 3 atom stereocenters. The fraction of sp³-hybridized carbons (Fsp3) is 0.440. The molecule has 11 heteroatoms. The molecule has 2 saturated heterocycles. The number of nitrogens with zero attached hydrogens (tertiary/aromatic N) is 2. The number of piperazine rings is 1. The summed E-state index contributed by atoms with van der Waals surface area (Å²) >= 11 is 0. The maximum absolute atomic E-state index is 13.9. The van der Waals surface area contributed by atoms with E-state index < -0.39 is 30.1 Å². The molecule has 3 heterocycles. The van der Waals surface area contributed by atoms with Gasteiger partial charge in [0.1, 0.15) is 12.4 Å². The van der Waals surface area contributed by atoms with E-state index in [-0.39, 0.29) is 25.6 Å². The van der Waals surface area contributed by atoms with Gasteiger partial charge in [-0.15, -0.1) is 0 Å². The molecule has 2 amide bonds. The number of carbonyl (C=O) groups is 2. The first-order chi connectivity index (χ1) is 17.3. The van der Waals surface area contributed by atoms with Gasteiger partial charge in [-0.05, 0) is 29.3 Å². The number of hydrogen-bond acceptors (Lipinski definition) is 6. The highest BCUT2D eigenvalue weighted by molar-refractivity contribution is 5.94. The molecule has 36 heavy (non-hydrogen) atoms. The third-order valence-corrected chi connectivity index (χ3v) is 7.03. The van der Waals surface area contributed by atoms with Crippen molar-refractivity contribution in [3.8, 4) is 5.75 Å². The van der Waals surface area contributed by atoms with Crippen LogP contribution in [0.3, 0.4) is 0 Å². The second-order valence-corrected chi connectivity index (χ2v) is 9.22. The summed E-state index contributed by atoms with van der Waals surface area (Å²) in [5.41, 5.74) is 7.01. The second-order valence-electron chi connectivity index (χ2n) is 9.22. The van der Waals surface area contributed by atoms with Crippen molar-refractivity contribution >= 4 is 11.8 Å². The number of rotatable bonds is 5. The number of halogens is 3. The van der Waals surface area contributed by atoms with E-state index in [1.54, 1.807) is 34.1 Å². The number of amides is 2. The molecule has 0 aromatic heterocycles. The van der Waals surface area contributed by atoms with Crippen molar-refractivity contribution < 1.29 is 27.5 Å². The number of fused-ring (bicyclic) bond motifs is 1. The van der Waals surface area contributed by atoms with Crippen LogP contribution in [-0.2, 0) is 11.3 Å². The Morgan fingerprint density at radius 2 is 1.86 bits per heavy atom. The van der Waals surface area contributed by atoms with Gasteiger partial charge in [-0.25, -0.2) is 5.43 Å². The smallest absolute Gasteiger partial charge is 0.402 e. The van der Waals surface area contributed by atoms with E-state index in [9.17, 15) is 22.8 Å². The van der Waals surface area contributed by atoms with Gasteiger partial charge in [0.05, 0.1) is 6.04 Å². The van der Waals surface area contributed by atoms with Crippen molar-refractivity contribution in [1.29, 1.82) is 0 Å². The fourth-order valence-electron chi connectivity index (χ4n) is 5.26. The van der Waals surface area contributed by atoms with Gasteiger partial charge in [0.2, 0.25) is 5.91 Å². The number of hydrazine groups is 1. The van der Waals surface area contributed by atoms with Crippen LogP contribution in [0.4, 0.5) is 13.2 Å². The predicted octanol–water partition coefficient (Wildman–Crippen LogP) is 1.85. The summed E-state index contributed by atoms with van der Waals surface area (Å²) < 4.78 is 47.7. The summed E-state index contributed by atoms with van der Waals surface area (Å²) in [7, 11) is 0. The molecule has 3 aliphatic heterocycles. The Morgan fingerprint density at radius 3 is 2.64 bits per heavy atom. The Morgan fingerprint density at radius 1 is 1.08 bits per heavy atom.